The molecule has 0 unspecified atom stereocenters. The van der Waals surface area contributed by atoms with Gasteiger partial charge in [0.1, 0.15) is 5.75 Å². The van der Waals surface area contributed by atoms with E-state index in [4.69, 9.17) is 9.47 Å². The van der Waals surface area contributed by atoms with Gasteiger partial charge < -0.3 is 24.8 Å². The van der Waals surface area contributed by atoms with Crippen molar-refractivity contribution in [2.24, 2.45) is 0 Å². The Balaban J connectivity index is 1.50. The maximum atomic E-state index is 12.1. The second-order valence-electron chi connectivity index (χ2n) is 6.03. The van der Waals surface area contributed by atoms with Crippen molar-refractivity contribution < 1.29 is 27.8 Å². The van der Waals surface area contributed by atoms with Crippen molar-refractivity contribution in [3.8, 4) is 5.75 Å². The zero-order chi connectivity index (χ0) is 17.0. The van der Waals surface area contributed by atoms with E-state index in [-0.39, 0.29) is 23.4 Å². The first-order valence-corrected chi connectivity index (χ1v) is 7.89. The average Bonchev–Trinajstić information content (AvgIpc) is 2.96. The van der Waals surface area contributed by atoms with Crippen LogP contribution in [0.3, 0.4) is 0 Å². The quantitative estimate of drug-likeness (QED) is 0.883. The number of carbonyl (C=O) groups excluding carboxylic acids is 1. The fourth-order valence-electron chi connectivity index (χ4n) is 3.09. The molecule has 0 aliphatic carbocycles. The van der Waals surface area contributed by atoms with Crippen LogP contribution >= 0.6 is 0 Å². The first kappa shape index (κ1) is 16.9. The van der Waals surface area contributed by atoms with Crippen molar-refractivity contribution in [2.75, 3.05) is 25.1 Å². The minimum absolute atomic E-state index is 0.0156. The molecule has 2 saturated heterocycles. The third kappa shape index (κ3) is 4.33. The molecule has 2 atom stereocenters. The number of urea groups is 1. The number of rotatable bonds is 4. The Hall–Kier alpha value is -1.93. The molecule has 2 fully saturated rings. The summed E-state index contributed by atoms with van der Waals surface area (Å²) in [6.07, 6.45) is 2.32. The highest BCUT2D eigenvalue weighted by molar-refractivity contribution is 5.89. The zero-order valence-corrected chi connectivity index (χ0v) is 13.1. The predicted molar refractivity (Wildman–Crippen MR) is 82.4 cm³/mol. The number of nitrogens with one attached hydrogen (secondary N) is 2. The number of halogens is 2. The SMILES string of the molecule is O=C(Nc1ccc(OC(F)F)cc1)N[C@@H]1CCO[C@@]2(CCOC2)C1. The lowest BCUT2D eigenvalue weighted by Crippen LogP contribution is -2.49. The molecule has 1 aromatic rings. The first-order chi connectivity index (χ1) is 11.5. The Morgan fingerprint density at radius 3 is 2.75 bits per heavy atom. The van der Waals surface area contributed by atoms with Crippen molar-refractivity contribution >= 4 is 11.7 Å². The van der Waals surface area contributed by atoms with Crippen LogP contribution in [0.1, 0.15) is 19.3 Å². The van der Waals surface area contributed by atoms with Gasteiger partial charge in [-0.25, -0.2) is 4.79 Å². The zero-order valence-electron chi connectivity index (χ0n) is 13.1. The molecular formula is C16H20F2N2O4. The lowest BCUT2D eigenvalue weighted by molar-refractivity contribution is -0.0877. The van der Waals surface area contributed by atoms with Gasteiger partial charge in [-0.1, -0.05) is 0 Å². The highest BCUT2D eigenvalue weighted by Crippen LogP contribution is 2.32. The Kier molecular flexibility index (Phi) is 5.15. The van der Waals surface area contributed by atoms with Crippen LogP contribution in [0.25, 0.3) is 0 Å². The number of hydrogen-bond donors (Lipinski definition) is 2. The summed E-state index contributed by atoms with van der Waals surface area (Å²) in [4.78, 5) is 12.1. The van der Waals surface area contributed by atoms with Gasteiger partial charge in [0.15, 0.2) is 0 Å². The molecule has 2 amide bonds. The van der Waals surface area contributed by atoms with Gasteiger partial charge in [-0.2, -0.15) is 8.78 Å². The van der Waals surface area contributed by atoms with Crippen LogP contribution in [-0.2, 0) is 9.47 Å². The first-order valence-electron chi connectivity index (χ1n) is 7.89. The van der Waals surface area contributed by atoms with Crippen molar-refractivity contribution in [3.05, 3.63) is 24.3 Å². The summed E-state index contributed by atoms with van der Waals surface area (Å²) in [6.45, 7) is -1.02. The van der Waals surface area contributed by atoms with E-state index in [1.54, 1.807) is 0 Å². The molecule has 132 valence electrons. The van der Waals surface area contributed by atoms with E-state index in [1.165, 1.54) is 24.3 Å². The molecule has 0 radical (unpaired) electrons. The van der Waals surface area contributed by atoms with Crippen LogP contribution in [0.2, 0.25) is 0 Å². The topological polar surface area (TPSA) is 68.8 Å². The number of benzene rings is 1. The van der Waals surface area contributed by atoms with Crippen molar-refractivity contribution in [2.45, 2.75) is 37.5 Å². The second kappa shape index (κ2) is 7.31. The summed E-state index contributed by atoms with van der Waals surface area (Å²) >= 11 is 0. The van der Waals surface area contributed by atoms with E-state index in [0.29, 0.717) is 25.5 Å². The highest BCUT2D eigenvalue weighted by Gasteiger charge is 2.41. The summed E-state index contributed by atoms with van der Waals surface area (Å²) < 4.78 is 39.7. The minimum Gasteiger partial charge on any atom is -0.435 e. The average molecular weight is 342 g/mol. The van der Waals surface area contributed by atoms with Crippen molar-refractivity contribution in [3.63, 3.8) is 0 Å². The van der Waals surface area contributed by atoms with Gasteiger partial charge in [0.2, 0.25) is 0 Å². The van der Waals surface area contributed by atoms with Crippen LogP contribution in [0, 0.1) is 0 Å². The third-order valence-electron chi connectivity index (χ3n) is 4.23. The fourth-order valence-corrected chi connectivity index (χ4v) is 3.09. The van der Waals surface area contributed by atoms with Crippen LogP contribution in [0.4, 0.5) is 19.3 Å². The maximum absolute atomic E-state index is 12.1. The molecule has 2 aliphatic rings. The Morgan fingerprint density at radius 2 is 2.08 bits per heavy atom. The molecule has 0 bridgehead atoms. The molecule has 3 rings (SSSR count). The van der Waals surface area contributed by atoms with E-state index >= 15 is 0 Å². The molecule has 2 N–H and O–H groups in total. The number of hydrogen-bond acceptors (Lipinski definition) is 4. The molecule has 0 saturated carbocycles. The van der Waals surface area contributed by atoms with Gasteiger partial charge in [0, 0.05) is 31.4 Å². The van der Waals surface area contributed by atoms with Crippen molar-refractivity contribution in [1.29, 1.82) is 0 Å². The van der Waals surface area contributed by atoms with Gasteiger partial charge in [-0.15, -0.1) is 0 Å². The van der Waals surface area contributed by atoms with Crippen molar-refractivity contribution in [1.82, 2.24) is 5.32 Å². The van der Waals surface area contributed by atoms with Gasteiger partial charge in [-0.05, 0) is 37.1 Å². The Morgan fingerprint density at radius 1 is 1.29 bits per heavy atom. The predicted octanol–water partition coefficient (Wildman–Crippen LogP) is 2.75. The summed E-state index contributed by atoms with van der Waals surface area (Å²) in [5.41, 5.74) is 0.227. The van der Waals surface area contributed by atoms with E-state index < -0.39 is 6.61 Å². The Bertz CT molecular complexity index is 562. The number of anilines is 1. The summed E-state index contributed by atoms with van der Waals surface area (Å²) in [5, 5.41) is 5.61. The van der Waals surface area contributed by atoms with Crippen LogP contribution in [-0.4, -0.2) is 44.1 Å². The molecule has 6 nitrogen and oxygen atoms in total. The van der Waals surface area contributed by atoms with E-state index in [9.17, 15) is 13.6 Å². The number of carbonyl (C=O) groups is 1. The molecule has 24 heavy (non-hydrogen) atoms. The van der Waals surface area contributed by atoms with E-state index in [1.807, 2.05) is 0 Å². The second-order valence-corrected chi connectivity index (χ2v) is 6.03. The van der Waals surface area contributed by atoms with Gasteiger partial charge in [0.05, 0.1) is 12.2 Å². The molecule has 0 aromatic heterocycles. The smallest absolute Gasteiger partial charge is 0.387 e. The number of ether oxygens (including phenoxy) is 3. The molecule has 1 spiro atoms. The fraction of sp³-hybridized carbons (Fsp3) is 0.562. The van der Waals surface area contributed by atoms with Gasteiger partial charge in [-0.3, -0.25) is 0 Å². The molecule has 8 heteroatoms. The van der Waals surface area contributed by atoms with Crippen LogP contribution in [0.5, 0.6) is 5.75 Å². The highest BCUT2D eigenvalue weighted by atomic mass is 19.3. The maximum Gasteiger partial charge on any atom is 0.387 e. The van der Waals surface area contributed by atoms with Gasteiger partial charge in [0.25, 0.3) is 0 Å². The Labute approximate surface area is 138 Å². The summed E-state index contributed by atoms with van der Waals surface area (Å²) in [6, 6.07) is 5.45. The lowest BCUT2D eigenvalue weighted by atomic mass is 9.90. The molecular weight excluding hydrogens is 322 g/mol. The standard InChI is InChI=1S/C16H20F2N2O4/c17-14(18)24-13-3-1-11(2-4-13)19-15(21)20-12-5-7-23-16(9-12)6-8-22-10-16/h1-4,12,14H,5-10H2,(H2,19,20,21)/t12-,16+/m1/s1. The largest absolute Gasteiger partial charge is 0.435 e. The molecule has 1 aromatic carbocycles. The number of amides is 2. The monoisotopic (exact) mass is 342 g/mol. The van der Waals surface area contributed by atoms with E-state index in [2.05, 4.69) is 15.4 Å². The summed E-state index contributed by atoms with van der Waals surface area (Å²) in [7, 11) is 0. The third-order valence-corrected chi connectivity index (χ3v) is 4.23. The van der Waals surface area contributed by atoms with Crippen LogP contribution in [0.15, 0.2) is 24.3 Å². The van der Waals surface area contributed by atoms with Gasteiger partial charge >= 0.3 is 12.6 Å². The minimum atomic E-state index is -2.87. The lowest BCUT2D eigenvalue weighted by Gasteiger charge is -2.37. The summed E-state index contributed by atoms with van der Waals surface area (Å²) in [5.74, 6) is 0.0450. The van der Waals surface area contributed by atoms with Crippen LogP contribution < -0.4 is 15.4 Å². The molecule has 2 aliphatic heterocycles. The normalized spacial score (nSPS) is 26.5. The van der Waals surface area contributed by atoms with E-state index in [0.717, 1.165) is 19.3 Å². The molecule has 2 heterocycles. The number of alkyl halides is 2.